The molecule has 2 aromatic heterocycles. The maximum Gasteiger partial charge on any atom is 0.208 e. The molecule has 0 fully saturated rings. The molecule has 6 aromatic carbocycles. The third kappa shape index (κ3) is 5.89. The number of nitrogens with zero attached hydrogens (tertiary/aromatic N) is 3. The van der Waals surface area contributed by atoms with Gasteiger partial charge >= 0.3 is 0 Å². The quantitative estimate of drug-likeness (QED) is 0.0359. The van der Waals surface area contributed by atoms with Crippen LogP contribution in [0.15, 0.2) is 108 Å². The van der Waals surface area contributed by atoms with E-state index in [1.165, 1.54) is 61.8 Å². The summed E-state index contributed by atoms with van der Waals surface area (Å²) < 4.78 is 4.82. The van der Waals surface area contributed by atoms with Crippen molar-refractivity contribution < 1.29 is 46.0 Å². The molecule has 1 aliphatic rings. The van der Waals surface area contributed by atoms with Crippen LogP contribution in [0.5, 0.6) is 51.7 Å². The summed E-state index contributed by atoms with van der Waals surface area (Å²) in [7, 11) is 2.21. The van der Waals surface area contributed by atoms with Gasteiger partial charge < -0.3 is 60.8 Å². The number of phenolic OH excluding ortho intramolecular Hbond substituents is 9. The van der Waals surface area contributed by atoms with Gasteiger partial charge in [-0.15, -0.1) is 0 Å². The van der Waals surface area contributed by atoms with Gasteiger partial charge in [0.15, 0.2) is 40.3 Å². The summed E-state index contributed by atoms with van der Waals surface area (Å²) in [5.74, 6) is -12.5. The van der Waals surface area contributed by atoms with Crippen molar-refractivity contribution in [3.63, 3.8) is 0 Å². The summed E-state index contributed by atoms with van der Waals surface area (Å²) in [6.45, 7) is 0. The Morgan fingerprint density at radius 3 is 1.75 bits per heavy atom. The molecule has 0 atom stereocenters. The Hall–Kier alpha value is -8.26. The van der Waals surface area contributed by atoms with Gasteiger partial charge in [0.25, 0.3) is 0 Å². The summed E-state index contributed by atoms with van der Waals surface area (Å²) in [6, 6.07) is 32.1. The molecule has 0 saturated heterocycles. The van der Waals surface area contributed by atoms with Gasteiger partial charge in [-0.1, -0.05) is 84.9 Å². The maximum absolute atomic E-state index is 10.4. The zero-order valence-electron chi connectivity index (χ0n) is 31.3. The van der Waals surface area contributed by atoms with Crippen molar-refractivity contribution in [3.8, 4) is 68.6 Å². The number of rotatable bonds is 4. The molecule has 0 radical (unpaired) electrons. The van der Waals surface area contributed by atoms with E-state index in [-0.39, 0.29) is 5.84 Å². The van der Waals surface area contributed by atoms with Crippen LogP contribution >= 0.6 is 0 Å². The lowest BCUT2D eigenvalue weighted by Crippen LogP contribution is -2.16. The van der Waals surface area contributed by atoms with Crippen LogP contribution in [0.25, 0.3) is 55.6 Å². The highest BCUT2D eigenvalue weighted by atomic mass is 16.4. The number of hydrogen-bond acceptors (Lipinski definition) is 10. The molecule has 1 aliphatic carbocycles. The fraction of sp³-hybridized carbons (Fsp3) is 0.0667. The standard InChI is InChI=1S/C25H20N2.C20H17N3O9/c1-26-22-13-7-5-11-18(22)20-15-16-21-19-12-6-8-14-23(19)27(25(21)24(20)26)17-9-3-2-4-10-17;21-19(6-4-2-1-3-5-6)23-20(22)9-14(28)10(24)7(11(25)15(9)29)8-12(26)16(30)18(32)17(31)13(8)27/h2-4,6-10,12-16H,5,11H2,1H3;1-5,24-32H,(H3,21,22,23). The third-order valence-electron chi connectivity index (χ3n) is 10.5. The van der Waals surface area contributed by atoms with E-state index in [1.54, 1.807) is 18.2 Å². The van der Waals surface area contributed by atoms with E-state index in [1.807, 2.05) is 0 Å². The molecule has 0 spiro atoms. The van der Waals surface area contributed by atoms with E-state index in [2.05, 4.69) is 100 Å². The van der Waals surface area contributed by atoms with Crippen molar-refractivity contribution >= 4 is 50.5 Å². The molecule has 59 heavy (non-hydrogen) atoms. The number of phenols is 9. The SMILES string of the molecule is Cn1c2c(c3ccc4c5ccccc5n(-c5ccccc5)c4c31)CCC=C2.N=C(N=C(N)c1c(O)c(O)c(-c2c(O)c(O)c(O)c(O)c2O)c(O)c1O)c1ccccc1. The second kappa shape index (κ2) is 14.4. The first-order valence-corrected chi connectivity index (χ1v) is 18.3. The number of aromatic hydroxyl groups is 9. The molecular formula is C45H37N5O9. The zero-order valence-corrected chi connectivity index (χ0v) is 31.3. The van der Waals surface area contributed by atoms with Gasteiger partial charge in [-0.05, 0) is 42.7 Å². The minimum atomic E-state index is -1.32. The number of benzene rings is 6. The first-order chi connectivity index (χ1) is 28.3. The largest absolute Gasteiger partial charge is 0.504 e. The first-order valence-electron chi connectivity index (χ1n) is 18.3. The van der Waals surface area contributed by atoms with Crippen molar-refractivity contribution in [3.05, 3.63) is 126 Å². The van der Waals surface area contributed by atoms with E-state index in [9.17, 15) is 46.0 Å². The Morgan fingerprint density at radius 2 is 1.12 bits per heavy atom. The molecule has 8 aromatic rings. The zero-order chi connectivity index (χ0) is 41.9. The van der Waals surface area contributed by atoms with E-state index in [4.69, 9.17) is 11.1 Å². The van der Waals surface area contributed by atoms with Gasteiger partial charge in [0.1, 0.15) is 11.4 Å². The number of hydrogen-bond donors (Lipinski definition) is 11. The highest BCUT2D eigenvalue weighted by molar-refractivity contribution is 6.19. The molecule has 12 N–H and O–H groups in total. The molecule has 9 rings (SSSR count). The molecule has 0 bridgehead atoms. The van der Waals surface area contributed by atoms with Gasteiger partial charge in [-0.2, -0.15) is 0 Å². The summed E-state index contributed by atoms with van der Waals surface area (Å²) in [4.78, 5) is 3.72. The first kappa shape index (κ1) is 37.7. The van der Waals surface area contributed by atoms with E-state index in [0.29, 0.717) is 5.56 Å². The Balaban J connectivity index is 0.000000166. The third-order valence-corrected chi connectivity index (χ3v) is 10.5. The monoisotopic (exact) mass is 791 g/mol. The molecule has 0 unspecified atom stereocenters. The fourth-order valence-corrected chi connectivity index (χ4v) is 7.76. The Bertz CT molecular complexity index is 3020. The Kier molecular flexibility index (Phi) is 9.16. The van der Waals surface area contributed by atoms with Crippen LogP contribution < -0.4 is 5.73 Å². The molecule has 14 heteroatoms. The minimum Gasteiger partial charge on any atom is -0.504 e. The van der Waals surface area contributed by atoms with Gasteiger partial charge in [-0.25, -0.2) is 4.99 Å². The highest BCUT2D eigenvalue weighted by Gasteiger charge is 2.33. The van der Waals surface area contributed by atoms with Gasteiger partial charge in [0.2, 0.25) is 17.2 Å². The van der Waals surface area contributed by atoms with Gasteiger partial charge in [-0.3, -0.25) is 5.41 Å². The number of aliphatic imine (C=N–C) groups is 1. The summed E-state index contributed by atoms with van der Waals surface area (Å²) in [5.41, 5.74) is 11.2. The number of nitrogens with one attached hydrogen (secondary N) is 1. The number of fused-ring (bicyclic) bond motifs is 7. The van der Waals surface area contributed by atoms with E-state index < -0.39 is 74.3 Å². The lowest BCUT2D eigenvalue weighted by atomic mass is 9.96. The maximum atomic E-state index is 10.4. The van der Waals surface area contributed by atoms with Crippen LogP contribution in [0.2, 0.25) is 0 Å². The average Bonchev–Trinajstić information content (AvgIpc) is 3.75. The smallest absolute Gasteiger partial charge is 0.208 e. The molecule has 0 amide bonds. The normalized spacial score (nSPS) is 12.5. The van der Waals surface area contributed by atoms with Gasteiger partial charge in [0, 0.05) is 40.2 Å². The number of aromatic nitrogens is 2. The fourth-order valence-electron chi connectivity index (χ4n) is 7.76. The second-order valence-electron chi connectivity index (χ2n) is 13.9. The predicted octanol–water partition coefficient (Wildman–Crippen LogP) is 7.67. The summed E-state index contributed by atoms with van der Waals surface area (Å²) in [6.07, 6.45) is 6.84. The van der Waals surface area contributed by atoms with E-state index in [0.717, 1.165) is 12.8 Å². The highest BCUT2D eigenvalue weighted by Crippen LogP contribution is 2.61. The molecule has 2 heterocycles. The Labute approximate surface area is 334 Å². The lowest BCUT2D eigenvalue weighted by molar-refractivity contribution is 0.329. The van der Waals surface area contributed by atoms with Crippen molar-refractivity contribution in [1.82, 2.24) is 9.13 Å². The minimum absolute atomic E-state index is 0.324. The van der Waals surface area contributed by atoms with Crippen LogP contribution in [-0.4, -0.2) is 66.8 Å². The topological polar surface area (TPSA) is 254 Å². The number of nitrogens with two attached hydrogens (primary N) is 1. The van der Waals surface area contributed by atoms with Crippen molar-refractivity contribution in [1.29, 1.82) is 5.41 Å². The van der Waals surface area contributed by atoms with E-state index >= 15 is 0 Å². The summed E-state index contributed by atoms with van der Waals surface area (Å²) >= 11 is 0. The van der Waals surface area contributed by atoms with Crippen LogP contribution in [0.1, 0.15) is 28.8 Å². The number of aryl methyl sites for hydroxylation is 2. The lowest BCUT2D eigenvalue weighted by Gasteiger charge is -2.18. The molecule has 14 nitrogen and oxygen atoms in total. The van der Waals surface area contributed by atoms with Crippen LogP contribution in [0, 0.1) is 5.41 Å². The Morgan fingerprint density at radius 1 is 0.593 bits per heavy atom. The molecule has 0 saturated carbocycles. The van der Waals surface area contributed by atoms with Crippen LogP contribution in [0.3, 0.4) is 0 Å². The van der Waals surface area contributed by atoms with Gasteiger partial charge in [0.05, 0.1) is 27.7 Å². The molecule has 0 aliphatic heterocycles. The van der Waals surface area contributed by atoms with Crippen LogP contribution in [-0.2, 0) is 13.5 Å². The number of amidine groups is 2. The average molecular weight is 792 g/mol. The van der Waals surface area contributed by atoms with Crippen molar-refractivity contribution in [2.75, 3.05) is 0 Å². The predicted molar refractivity (Wildman–Crippen MR) is 225 cm³/mol. The molecular weight excluding hydrogens is 755 g/mol. The van der Waals surface area contributed by atoms with Crippen molar-refractivity contribution in [2.24, 2.45) is 17.8 Å². The second-order valence-corrected chi connectivity index (χ2v) is 13.9. The summed E-state index contributed by atoms with van der Waals surface area (Å²) in [5, 5.41) is 103. The molecule has 296 valence electrons. The van der Waals surface area contributed by atoms with Crippen LogP contribution in [0.4, 0.5) is 0 Å². The number of para-hydroxylation sites is 2. The number of allylic oxidation sites excluding steroid dienone is 1. The van der Waals surface area contributed by atoms with Crippen molar-refractivity contribution in [2.45, 2.75) is 12.8 Å².